The lowest BCUT2D eigenvalue weighted by atomic mass is 9.92. The maximum absolute atomic E-state index is 13.3. The molecular weight excluding hydrogens is 513 g/mol. The first kappa shape index (κ1) is 26.1. The number of piperidine rings is 1. The van der Waals surface area contributed by atoms with Crippen molar-refractivity contribution >= 4 is 28.6 Å². The number of benzene rings is 2. The first-order chi connectivity index (χ1) is 19.6. The van der Waals surface area contributed by atoms with Crippen LogP contribution in [0.4, 0.5) is 20.7 Å². The molecular formula is C29H32FN7O3. The third-order valence-electron chi connectivity index (χ3n) is 7.56. The molecule has 2 aliphatic heterocycles. The van der Waals surface area contributed by atoms with Crippen molar-refractivity contribution in [3.63, 3.8) is 0 Å². The molecule has 2 aromatic carbocycles. The summed E-state index contributed by atoms with van der Waals surface area (Å²) in [6.45, 7) is 5.26. The molecule has 2 amide bonds. The van der Waals surface area contributed by atoms with Gasteiger partial charge in [0.25, 0.3) is 0 Å². The standard InChI is InChI=1S/C29H32FN7O3/c1-31-29(38)32-23-8-4-21(5-9-23)27-33-25-24(35-40-26(25)28(34-27)37-14-16-39-17-15-37)20-10-12-36(13-11-20)18-19-2-6-22(30)7-3-19/h2-9,20H,10-18H2,1H3,(H2,31,32,38). The number of carbonyl (C=O) groups excluding carboxylic acids is 1. The van der Waals surface area contributed by atoms with Crippen LogP contribution in [0.15, 0.2) is 53.1 Å². The molecule has 0 aliphatic carbocycles. The lowest BCUT2D eigenvalue weighted by molar-refractivity contribution is 0.122. The Morgan fingerprint density at radius 2 is 1.73 bits per heavy atom. The number of hydrogen-bond donors (Lipinski definition) is 2. The first-order valence-corrected chi connectivity index (χ1v) is 13.6. The quantitative estimate of drug-likeness (QED) is 0.367. The van der Waals surface area contributed by atoms with Crippen LogP contribution in [0.5, 0.6) is 0 Å². The minimum Gasteiger partial charge on any atom is -0.378 e. The lowest BCUT2D eigenvalue weighted by Gasteiger charge is -2.31. The number of anilines is 2. The second-order valence-electron chi connectivity index (χ2n) is 10.2. The molecule has 0 saturated carbocycles. The Bertz CT molecular complexity index is 1460. The third-order valence-corrected chi connectivity index (χ3v) is 7.56. The third kappa shape index (κ3) is 5.61. The number of morpholine rings is 1. The van der Waals surface area contributed by atoms with Gasteiger partial charge in [0.15, 0.2) is 11.6 Å². The van der Waals surface area contributed by atoms with E-state index in [2.05, 4.69) is 25.6 Å². The zero-order valence-electron chi connectivity index (χ0n) is 22.4. The first-order valence-electron chi connectivity index (χ1n) is 13.6. The maximum Gasteiger partial charge on any atom is 0.318 e. The molecule has 2 aromatic heterocycles. The molecule has 10 nitrogen and oxygen atoms in total. The van der Waals surface area contributed by atoms with Gasteiger partial charge in [-0.15, -0.1) is 0 Å². The van der Waals surface area contributed by atoms with Crippen LogP contribution in [0.3, 0.4) is 0 Å². The summed E-state index contributed by atoms with van der Waals surface area (Å²) in [5, 5.41) is 9.86. The van der Waals surface area contributed by atoms with E-state index in [0.29, 0.717) is 43.4 Å². The molecule has 0 atom stereocenters. The van der Waals surface area contributed by atoms with Crippen molar-refractivity contribution in [2.75, 3.05) is 56.7 Å². The predicted octanol–water partition coefficient (Wildman–Crippen LogP) is 4.39. The van der Waals surface area contributed by atoms with Crippen molar-refractivity contribution in [2.24, 2.45) is 0 Å². The maximum atomic E-state index is 13.3. The van der Waals surface area contributed by atoms with Gasteiger partial charge < -0.3 is 24.8 Å². The van der Waals surface area contributed by atoms with Crippen LogP contribution in [0.1, 0.15) is 30.0 Å². The second kappa shape index (κ2) is 11.6. The average Bonchev–Trinajstić information content (AvgIpc) is 3.43. The number of rotatable bonds is 6. The van der Waals surface area contributed by atoms with Crippen LogP contribution in [-0.2, 0) is 11.3 Å². The van der Waals surface area contributed by atoms with E-state index < -0.39 is 0 Å². The molecule has 40 heavy (non-hydrogen) atoms. The summed E-state index contributed by atoms with van der Waals surface area (Å²) in [6, 6.07) is 13.9. The molecule has 2 fully saturated rings. The van der Waals surface area contributed by atoms with Crippen molar-refractivity contribution in [1.82, 2.24) is 25.3 Å². The minimum absolute atomic E-state index is 0.213. The number of likely N-dealkylation sites (tertiary alicyclic amines) is 1. The molecule has 4 heterocycles. The molecule has 11 heteroatoms. The van der Waals surface area contributed by atoms with E-state index in [1.807, 2.05) is 36.4 Å². The summed E-state index contributed by atoms with van der Waals surface area (Å²) < 4.78 is 24.8. The number of hydrogen-bond acceptors (Lipinski definition) is 8. The number of ether oxygens (including phenoxy) is 1. The van der Waals surface area contributed by atoms with Crippen molar-refractivity contribution in [1.29, 1.82) is 0 Å². The number of aromatic nitrogens is 3. The largest absolute Gasteiger partial charge is 0.378 e. The van der Waals surface area contributed by atoms with Crippen molar-refractivity contribution in [3.05, 3.63) is 65.6 Å². The number of urea groups is 1. The molecule has 208 valence electrons. The van der Waals surface area contributed by atoms with Crippen molar-refractivity contribution in [2.45, 2.75) is 25.3 Å². The summed E-state index contributed by atoms with van der Waals surface area (Å²) in [7, 11) is 1.58. The van der Waals surface area contributed by atoms with Crippen molar-refractivity contribution < 1.29 is 18.4 Å². The van der Waals surface area contributed by atoms with E-state index in [9.17, 15) is 9.18 Å². The summed E-state index contributed by atoms with van der Waals surface area (Å²) >= 11 is 0. The van der Waals surface area contributed by atoms with Crippen LogP contribution < -0.4 is 15.5 Å². The number of nitrogens with one attached hydrogen (secondary N) is 2. The van der Waals surface area contributed by atoms with Crippen LogP contribution >= 0.6 is 0 Å². The van der Waals surface area contributed by atoms with Crippen LogP contribution in [0.25, 0.3) is 22.5 Å². The number of halogens is 1. The van der Waals surface area contributed by atoms with Crippen LogP contribution in [0, 0.1) is 5.82 Å². The van der Waals surface area contributed by atoms with Gasteiger partial charge in [-0.2, -0.15) is 0 Å². The van der Waals surface area contributed by atoms with Gasteiger partial charge in [0, 0.05) is 43.9 Å². The average molecular weight is 546 g/mol. The van der Waals surface area contributed by atoms with Gasteiger partial charge in [0.1, 0.15) is 17.0 Å². The molecule has 2 aliphatic rings. The fraction of sp³-hybridized carbons (Fsp3) is 0.379. The fourth-order valence-electron chi connectivity index (χ4n) is 5.33. The fourth-order valence-corrected chi connectivity index (χ4v) is 5.33. The van der Waals surface area contributed by atoms with E-state index >= 15 is 0 Å². The Hall–Kier alpha value is -4.09. The highest BCUT2D eigenvalue weighted by Gasteiger charge is 2.29. The van der Waals surface area contributed by atoms with Gasteiger partial charge in [0.05, 0.1) is 13.2 Å². The van der Waals surface area contributed by atoms with Crippen LogP contribution in [-0.4, -0.2) is 72.5 Å². The zero-order chi connectivity index (χ0) is 27.5. The van der Waals surface area contributed by atoms with E-state index in [0.717, 1.165) is 60.6 Å². The number of amides is 2. The van der Waals surface area contributed by atoms with E-state index in [4.69, 9.17) is 19.2 Å². The Balaban J connectivity index is 1.27. The topological polar surface area (TPSA) is 109 Å². The zero-order valence-corrected chi connectivity index (χ0v) is 22.4. The molecule has 2 N–H and O–H groups in total. The summed E-state index contributed by atoms with van der Waals surface area (Å²) in [6.07, 6.45) is 1.85. The van der Waals surface area contributed by atoms with Crippen LogP contribution in [0.2, 0.25) is 0 Å². The number of fused-ring (bicyclic) bond motifs is 1. The second-order valence-corrected chi connectivity index (χ2v) is 10.2. The molecule has 0 unspecified atom stereocenters. The van der Waals surface area contributed by atoms with E-state index in [1.54, 1.807) is 7.05 Å². The van der Waals surface area contributed by atoms with Gasteiger partial charge in [-0.25, -0.2) is 19.2 Å². The smallest absolute Gasteiger partial charge is 0.318 e. The predicted molar refractivity (Wildman–Crippen MR) is 150 cm³/mol. The normalized spacial score (nSPS) is 16.8. The Labute approximate surface area is 231 Å². The van der Waals surface area contributed by atoms with Gasteiger partial charge in [-0.1, -0.05) is 17.3 Å². The van der Waals surface area contributed by atoms with Crippen molar-refractivity contribution in [3.8, 4) is 11.4 Å². The highest BCUT2D eigenvalue weighted by molar-refractivity contribution is 5.90. The Morgan fingerprint density at radius 3 is 2.42 bits per heavy atom. The molecule has 0 bridgehead atoms. The van der Waals surface area contributed by atoms with Gasteiger partial charge in [-0.05, 0) is 67.9 Å². The highest BCUT2D eigenvalue weighted by atomic mass is 19.1. The SMILES string of the molecule is CNC(=O)Nc1ccc(-c2nc(N3CCOCC3)c3onc(C4CCN(Cc5ccc(F)cc5)CC4)c3n2)cc1. The van der Waals surface area contributed by atoms with E-state index in [-0.39, 0.29) is 17.8 Å². The van der Waals surface area contributed by atoms with Gasteiger partial charge in [-0.3, -0.25) is 4.90 Å². The Kier molecular flexibility index (Phi) is 7.56. The minimum atomic E-state index is -0.280. The molecule has 2 saturated heterocycles. The molecule has 0 radical (unpaired) electrons. The lowest BCUT2D eigenvalue weighted by Crippen LogP contribution is -2.37. The summed E-state index contributed by atoms with van der Waals surface area (Å²) in [5.41, 5.74) is 4.84. The van der Waals surface area contributed by atoms with E-state index in [1.165, 1.54) is 12.1 Å². The Morgan fingerprint density at radius 1 is 1.00 bits per heavy atom. The van der Waals surface area contributed by atoms with Gasteiger partial charge >= 0.3 is 6.03 Å². The highest BCUT2D eigenvalue weighted by Crippen LogP contribution is 2.36. The monoisotopic (exact) mass is 545 g/mol. The summed E-state index contributed by atoms with van der Waals surface area (Å²) in [4.78, 5) is 26.1. The number of carbonyl (C=O) groups is 1. The summed E-state index contributed by atoms with van der Waals surface area (Å²) in [5.74, 6) is 1.31. The molecule has 6 rings (SSSR count). The molecule has 0 spiro atoms. The van der Waals surface area contributed by atoms with Gasteiger partial charge in [0.2, 0.25) is 5.58 Å². The number of nitrogens with zero attached hydrogens (tertiary/aromatic N) is 5. The molecule has 4 aromatic rings.